The van der Waals surface area contributed by atoms with Crippen molar-refractivity contribution in [3.05, 3.63) is 30.3 Å². The molecular formula is C19H28N2O5. The highest BCUT2D eigenvalue weighted by molar-refractivity contribution is 5.93. The van der Waals surface area contributed by atoms with Crippen LogP contribution in [0.4, 0.5) is 5.69 Å². The smallest absolute Gasteiger partial charge is 0.253 e. The number of para-hydroxylation sites is 1. The van der Waals surface area contributed by atoms with Crippen LogP contribution in [0.15, 0.2) is 30.3 Å². The van der Waals surface area contributed by atoms with Gasteiger partial charge in [-0.25, -0.2) is 0 Å². The maximum atomic E-state index is 12.5. The summed E-state index contributed by atoms with van der Waals surface area (Å²) in [5.74, 6) is -1.61. The standard InChI is InChI=1S/C19H28N2O5/c1-18(2)12-25-19(3,4)26-15(18)17(24)20-11-10-14(22)16(23)21-13-8-6-5-7-9-13/h5-9,14-15,22H,10-12H2,1-4H3,(H,20,24)(H,21,23)/t14?,15-/m0/s1. The summed E-state index contributed by atoms with van der Waals surface area (Å²) in [7, 11) is 0. The Balaban J connectivity index is 1.80. The number of aliphatic hydroxyl groups is 1. The summed E-state index contributed by atoms with van der Waals surface area (Å²) in [6, 6.07) is 8.89. The van der Waals surface area contributed by atoms with E-state index in [0.29, 0.717) is 12.3 Å². The number of carbonyl (C=O) groups is 2. The van der Waals surface area contributed by atoms with Crippen LogP contribution in [-0.4, -0.2) is 48.1 Å². The van der Waals surface area contributed by atoms with Crippen molar-refractivity contribution in [2.75, 3.05) is 18.5 Å². The number of carbonyl (C=O) groups excluding carboxylic acids is 2. The molecule has 0 aromatic heterocycles. The molecule has 0 radical (unpaired) electrons. The highest BCUT2D eigenvalue weighted by Crippen LogP contribution is 2.34. The van der Waals surface area contributed by atoms with Crippen molar-refractivity contribution >= 4 is 17.5 Å². The number of ether oxygens (including phenoxy) is 2. The summed E-state index contributed by atoms with van der Waals surface area (Å²) >= 11 is 0. The van der Waals surface area contributed by atoms with Crippen LogP contribution in [0.25, 0.3) is 0 Å². The molecule has 1 aromatic carbocycles. The average molecular weight is 364 g/mol. The molecule has 3 N–H and O–H groups in total. The van der Waals surface area contributed by atoms with Gasteiger partial charge >= 0.3 is 0 Å². The minimum Gasteiger partial charge on any atom is -0.383 e. The topological polar surface area (TPSA) is 96.9 Å². The summed E-state index contributed by atoms with van der Waals surface area (Å²) in [6.07, 6.45) is -1.77. The fourth-order valence-electron chi connectivity index (χ4n) is 2.62. The summed E-state index contributed by atoms with van der Waals surface area (Å²) < 4.78 is 11.4. The maximum absolute atomic E-state index is 12.5. The van der Waals surface area contributed by atoms with Gasteiger partial charge in [-0.15, -0.1) is 0 Å². The molecule has 7 nitrogen and oxygen atoms in total. The Morgan fingerprint density at radius 2 is 1.88 bits per heavy atom. The molecule has 0 aliphatic carbocycles. The lowest BCUT2D eigenvalue weighted by atomic mass is 9.85. The maximum Gasteiger partial charge on any atom is 0.253 e. The third-order valence-corrected chi connectivity index (χ3v) is 4.20. The SMILES string of the molecule is CC1(C)OCC(C)(C)[C@H](C(=O)NCCC(O)C(=O)Nc2ccccc2)O1. The van der Waals surface area contributed by atoms with Crippen LogP contribution in [0.3, 0.4) is 0 Å². The highest BCUT2D eigenvalue weighted by atomic mass is 16.7. The summed E-state index contributed by atoms with van der Waals surface area (Å²) in [6.45, 7) is 7.89. The van der Waals surface area contributed by atoms with Crippen molar-refractivity contribution in [3.8, 4) is 0 Å². The number of aliphatic hydroxyl groups excluding tert-OH is 1. The largest absolute Gasteiger partial charge is 0.383 e. The Labute approximate surface area is 154 Å². The van der Waals surface area contributed by atoms with E-state index in [9.17, 15) is 14.7 Å². The lowest BCUT2D eigenvalue weighted by molar-refractivity contribution is -0.304. The van der Waals surface area contributed by atoms with E-state index < -0.39 is 29.3 Å². The molecule has 0 saturated carbocycles. The highest BCUT2D eigenvalue weighted by Gasteiger charge is 2.45. The number of amides is 2. The van der Waals surface area contributed by atoms with Crippen molar-refractivity contribution in [1.82, 2.24) is 5.32 Å². The summed E-state index contributed by atoms with van der Waals surface area (Å²) in [5.41, 5.74) is 0.142. The van der Waals surface area contributed by atoms with Crippen LogP contribution in [0.5, 0.6) is 0 Å². The Morgan fingerprint density at radius 3 is 2.54 bits per heavy atom. The molecule has 1 saturated heterocycles. The number of anilines is 1. The lowest BCUT2D eigenvalue weighted by Gasteiger charge is -2.44. The number of hydrogen-bond donors (Lipinski definition) is 3. The van der Waals surface area contributed by atoms with E-state index in [4.69, 9.17) is 9.47 Å². The number of nitrogens with one attached hydrogen (secondary N) is 2. The summed E-state index contributed by atoms with van der Waals surface area (Å²) in [4.78, 5) is 24.4. The quantitative estimate of drug-likeness (QED) is 0.713. The van der Waals surface area contributed by atoms with Crippen LogP contribution >= 0.6 is 0 Å². The lowest BCUT2D eigenvalue weighted by Crippen LogP contribution is -2.56. The molecule has 1 unspecified atom stereocenters. The Hall–Kier alpha value is -1.96. The van der Waals surface area contributed by atoms with Crippen LogP contribution in [0.2, 0.25) is 0 Å². The minimum absolute atomic E-state index is 0.109. The van der Waals surface area contributed by atoms with Crippen LogP contribution in [0.1, 0.15) is 34.1 Å². The van der Waals surface area contributed by atoms with E-state index in [0.717, 1.165) is 0 Å². The van der Waals surface area contributed by atoms with Crippen LogP contribution in [-0.2, 0) is 19.1 Å². The monoisotopic (exact) mass is 364 g/mol. The van der Waals surface area contributed by atoms with Gasteiger partial charge in [-0.2, -0.15) is 0 Å². The van der Waals surface area contributed by atoms with Gasteiger partial charge in [0.1, 0.15) is 12.2 Å². The molecule has 144 valence electrons. The number of hydrogen-bond acceptors (Lipinski definition) is 5. The minimum atomic E-state index is -1.21. The van der Waals surface area contributed by atoms with E-state index in [2.05, 4.69) is 10.6 Å². The van der Waals surface area contributed by atoms with Crippen LogP contribution in [0, 0.1) is 5.41 Å². The van der Waals surface area contributed by atoms with Gasteiger partial charge < -0.3 is 25.2 Å². The first kappa shape index (κ1) is 20.4. The third-order valence-electron chi connectivity index (χ3n) is 4.20. The van der Waals surface area contributed by atoms with Gasteiger partial charge in [-0.3, -0.25) is 9.59 Å². The number of benzene rings is 1. The van der Waals surface area contributed by atoms with Gasteiger partial charge in [0.2, 0.25) is 5.91 Å². The van der Waals surface area contributed by atoms with Crippen molar-refractivity contribution in [2.24, 2.45) is 5.41 Å². The molecule has 1 aliphatic heterocycles. The first-order valence-corrected chi connectivity index (χ1v) is 8.74. The Kier molecular flexibility index (Phi) is 6.39. The molecular weight excluding hydrogens is 336 g/mol. The molecule has 26 heavy (non-hydrogen) atoms. The van der Waals surface area contributed by atoms with Crippen molar-refractivity contribution in [2.45, 2.75) is 52.1 Å². The predicted molar refractivity (Wildman–Crippen MR) is 97.4 cm³/mol. The molecule has 0 bridgehead atoms. The third kappa shape index (κ3) is 5.52. The van der Waals surface area contributed by atoms with E-state index in [1.54, 1.807) is 38.1 Å². The first-order valence-electron chi connectivity index (χ1n) is 8.74. The Bertz CT molecular complexity index is 630. The van der Waals surface area contributed by atoms with E-state index in [1.807, 2.05) is 19.9 Å². The second-order valence-corrected chi connectivity index (χ2v) is 7.63. The zero-order valence-corrected chi connectivity index (χ0v) is 15.7. The zero-order valence-electron chi connectivity index (χ0n) is 15.7. The molecule has 1 aliphatic rings. The molecule has 0 spiro atoms. The zero-order chi connectivity index (χ0) is 19.4. The van der Waals surface area contributed by atoms with Crippen molar-refractivity contribution in [3.63, 3.8) is 0 Å². The van der Waals surface area contributed by atoms with Gasteiger partial charge in [-0.05, 0) is 32.4 Å². The molecule has 1 heterocycles. The van der Waals surface area contributed by atoms with Gasteiger partial charge in [0.05, 0.1) is 6.61 Å². The van der Waals surface area contributed by atoms with Gasteiger partial charge in [0, 0.05) is 17.6 Å². The van der Waals surface area contributed by atoms with Gasteiger partial charge in [0.25, 0.3) is 5.91 Å². The van der Waals surface area contributed by atoms with E-state index in [1.165, 1.54) is 0 Å². The second kappa shape index (κ2) is 8.16. The van der Waals surface area contributed by atoms with E-state index >= 15 is 0 Å². The molecule has 2 atom stereocenters. The molecule has 1 fully saturated rings. The molecule has 1 aromatic rings. The summed E-state index contributed by atoms with van der Waals surface area (Å²) in [5, 5.41) is 15.3. The molecule has 2 rings (SSSR count). The Morgan fingerprint density at radius 1 is 1.23 bits per heavy atom. The normalized spacial score (nSPS) is 22.3. The average Bonchev–Trinajstić information content (AvgIpc) is 2.58. The first-order chi connectivity index (χ1) is 12.1. The van der Waals surface area contributed by atoms with Crippen molar-refractivity contribution in [1.29, 1.82) is 0 Å². The van der Waals surface area contributed by atoms with Gasteiger partial charge in [-0.1, -0.05) is 32.0 Å². The van der Waals surface area contributed by atoms with Crippen molar-refractivity contribution < 1.29 is 24.2 Å². The molecule has 7 heteroatoms. The van der Waals surface area contributed by atoms with Crippen LogP contribution < -0.4 is 10.6 Å². The van der Waals surface area contributed by atoms with Gasteiger partial charge in [0.15, 0.2) is 5.79 Å². The number of rotatable bonds is 6. The van der Waals surface area contributed by atoms with E-state index in [-0.39, 0.29) is 18.9 Å². The fraction of sp³-hybridized carbons (Fsp3) is 0.579. The fourth-order valence-corrected chi connectivity index (χ4v) is 2.62. The predicted octanol–water partition coefficient (Wildman–Crippen LogP) is 1.67. The molecule has 2 amide bonds. The second-order valence-electron chi connectivity index (χ2n) is 7.63.